The first-order valence-electron chi connectivity index (χ1n) is 7.47. The maximum atomic E-state index is 11.5. The molecular formula is C16H20N4O2. The van der Waals surface area contributed by atoms with Crippen molar-refractivity contribution in [3.8, 4) is 5.69 Å². The summed E-state index contributed by atoms with van der Waals surface area (Å²) in [6.07, 6.45) is 0. The molecule has 0 spiro atoms. The van der Waals surface area contributed by atoms with Gasteiger partial charge in [-0.15, -0.1) is 0 Å². The summed E-state index contributed by atoms with van der Waals surface area (Å²) in [6.45, 7) is 7.30. The zero-order valence-electron chi connectivity index (χ0n) is 12.9. The number of anilines is 1. The van der Waals surface area contributed by atoms with E-state index in [0.717, 1.165) is 43.3 Å². The molecule has 1 saturated heterocycles. The minimum Gasteiger partial charge on any atom is -0.363 e. The molecule has 0 unspecified atom stereocenters. The molecule has 0 atom stereocenters. The number of hydrogen-bond donors (Lipinski definition) is 1. The first-order chi connectivity index (χ1) is 10.6. The quantitative estimate of drug-likeness (QED) is 0.698. The lowest BCUT2D eigenvalue weighted by atomic mass is 10.2. The number of piperazine rings is 1. The fourth-order valence-corrected chi connectivity index (χ4v) is 3.05. The van der Waals surface area contributed by atoms with Crippen LogP contribution >= 0.6 is 0 Å². The van der Waals surface area contributed by atoms with Gasteiger partial charge in [-0.3, -0.25) is 10.1 Å². The van der Waals surface area contributed by atoms with Gasteiger partial charge >= 0.3 is 0 Å². The van der Waals surface area contributed by atoms with Crippen LogP contribution in [0.25, 0.3) is 5.69 Å². The molecule has 0 radical (unpaired) electrons. The van der Waals surface area contributed by atoms with Gasteiger partial charge in [-0.1, -0.05) is 0 Å². The third kappa shape index (κ3) is 2.57. The molecule has 1 aromatic carbocycles. The Morgan fingerprint density at radius 1 is 1.09 bits per heavy atom. The second-order valence-corrected chi connectivity index (χ2v) is 5.62. The molecule has 0 saturated carbocycles. The van der Waals surface area contributed by atoms with Crippen LogP contribution in [0.5, 0.6) is 0 Å². The van der Waals surface area contributed by atoms with E-state index in [2.05, 4.69) is 10.2 Å². The molecule has 116 valence electrons. The zero-order valence-corrected chi connectivity index (χ0v) is 12.9. The molecule has 0 amide bonds. The molecule has 1 N–H and O–H groups in total. The van der Waals surface area contributed by atoms with Crippen LogP contribution < -0.4 is 10.2 Å². The zero-order chi connectivity index (χ0) is 15.7. The second kappa shape index (κ2) is 5.81. The average molecular weight is 300 g/mol. The van der Waals surface area contributed by atoms with Crippen LogP contribution in [0.4, 0.5) is 11.4 Å². The first-order valence-corrected chi connectivity index (χ1v) is 7.47. The first kappa shape index (κ1) is 14.6. The van der Waals surface area contributed by atoms with Crippen molar-refractivity contribution in [3.63, 3.8) is 0 Å². The molecule has 1 aliphatic rings. The molecule has 1 aliphatic heterocycles. The number of nitro groups is 1. The van der Waals surface area contributed by atoms with E-state index in [4.69, 9.17) is 0 Å². The van der Waals surface area contributed by atoms with E-state index in [1.807, 2.05) is 42.7 Å². The molecule has 1 aromatic heterocycles. The maximum absolute atomic E-state index is 11.5. The van der Waals surface area contributed by atoms with E-state index < -0.39 is 0 Å². The highest BCUT2D eigenvalue weighted by Gasteiger charge is 2.22. The number of aryl methyl sites for hydroxylation is 2. The Kier molecular flexibility index (Phi) is 3.85. The minimum atomic E-state index is -0.283. The maximum Gasteiger partial charge on any atom is 0.294 e. The van der Waals surface area contributed by atoms with Crippen molar-refractivity contribution in [1.82, 2.24) is 9.88 Å². The lowest BCUT2D eigenvalue weighted by Gasteiger charge is -2.29. The summed E-state index contributed by atoms with van der Waals surface area (Å²) in [7, 11) is 0. The topological polar surface area (TPSA) is 63.3 Å². The lowest BCUT2D eigenvalue weighted by molar-refractivity contribution is -0.384. The fraction of sp³-hybridized carbons (Fsp3) is 0.375. The molecule has 22 heavy (non-hydrogen) atoms. The van der Waals surface area contributed by atoms with Gasteiger partial charge in [0.05, 0.1) is 10.6 Å². The van der Waals surface area contributed by atoms with Gasteiger partial charge in [0, 0.05) is 43.6 Å². The molecule has 3 rings (SSSR count). The lowest BCUT2D eigenvalue weighted by Crippen LogP contribution is -2.43. The van der Waals surface area contributed by atoms with Crippen LogP contribution in [0.2, 0.25) is 0 Å². The number of rotatable bonds is 3. The molecule has 2 heterocycles. The number of nitrogens with zero attached hydrogens (tertiary/aromatic N) is 3. The summed E-state index contributed by atoms with van der Waals surface area (Å²) < 4.78 is 2.04. The summed E-state index contributed by atoms with van der Waals surface area (Å²) in [6, 6.07) is 9.55. The summed E-state index contributed by atoms with van der Waals surface area (Å²) in [5, 5.41) is 14.8. The van der Waals surface area contributed by atoms with Crippen molar-refractivity contribution in [3.05, 3.63) is 51.8 Å². The SMILES string of the molecule is Cc1ccc(C)n1-c1ccc(N2CCNCC2)c([N+](=O)[O-])c1. The van der Waals surface area contributed by atoms with Gasteiger partial charge in [0.25, 0.3) is 5.69 Å². The van der Waals surface area contributed by atoms with Gasteiger partial charge in [-0.25, -0.2) is 0 Å². The van der Waals surface area contributed by atoms with Crippen molar-refractivity contribution in [2.45, 2.75) is 13.8 Å². The fourth-order valence-electron chi connectivity index (χ4n) is 3.05. The number of nitro benzene ring substituents is 1. The molecule has 6 nitrogen and oxygen atoms in total. The van der Waals surface area contributed by atoms with Gasteiger partial charge in [0.15, 0.2) is 0 Å². The largest absolute Gasteiger partial charge is 0.363 e. The highest BCUT2D eigenvalue weighted by molar-refractivity contribution is 5.67. The molecule has 0 aliphatic carbocycles. The third-order valence-corrected chi connectivity index (χ3v) is 4.14. The van der Waals surface area contributed by atoms with E-state index >= 15 is 0 Å². The highest BCUT2D eigenvalue weighted by atomic mass is 16.6. The molecule has 6 heteroatoms. The Balaban J connectivity index is 2.05. The van der Waals surface area contributed by atoms with Crippen LogP contribution in [0.15, 0.2) is 30.3 Å². The van der Waals surface area contributed by atoms with Crippen LogP contribution in [0, 0.1) is 24.0 Å². The van der Waals surface area contributed by atoms with E-state index in [1.165, 1.54) is 0 Å². The Labute approximate surface area is 129 Å². The van der Waals surface area contributed by atoms with Crippen molar-refractivity contribution in [2.75, 3.05) is 31.1 Å². The summed E-state index contributed by atoms with van der Waals surface area (Å²) in [5.74, 6) is 0. The van der Waals surface area contributed by atoms with Crippen molar-refractivity contribution < 1.29 is 4.92 Å². The van der Waals surface area contributed by atoms with E-state index in [1.54, 1.807) is 6.07 Å². The summed E-state index contributed by atoms with van der Waals surface area (Å²) >= 11 is 0. The number of nitrogens with one attached hydrogen (secondary N) is 1. The van der Waals surface area contributed by atoms with Gasteiger partial charge in [-0.05, 0) is 38.1 Å². The van der Waals surface area contributed by atoms with Crippen molar-refractivity contribution in [2.24, 2.45) is 0 Å². The minimum absolute atomic E-state index is 0.173. The van der Waals surface area contributed by atoms with Crippen LogP contribution in [0.3, 0.4) is 0 Å². The number of benzene rings is 1. The third-order valence-electron chi connectivity index (χ3n) is 4.14. The van der Waals surface area contributed by atoms with E-state index in [-0.39, 0.29) is 10.6 Å². The van der Waals surface area contributed by atoms with Crippen molar-refractivity contribution in [1.29, 1.82) is 0 Å². The summed E-state index contributed by atoms with van der Waals surface area (Å²) in [5.41, 5.74) is 3.86. The number of aromatic nitrogens is 1. The van der Waals surface area contributed by atoms with Gasteiger partial charge in [0.2, 0.25) is 0 Å². The van der Waals surface area contributed by atoms with E-state index in [0.29, 0.717) is 5.69 Å². The molecule has 0 bridgehead atoms. The normalized spacial score (nSPS) is 15.1. The molecule has 1 fully saturated rings. The second-order valence-electron chi connectivity index (χ2n) is 5.62. The Morgan fingerprint density at radius 2 is 1.73 bits per heavy atom. The van der Waals surface area contributed by atoms with Crippen LogP contribution in [-0.2, 0) is 0 Å². The standard InChI is InChI=1S/C16H20N4O2/c1-12-3-4-13(2)19(12)14-5-6-15(16(11-14)20(21)22)18-9-7-17-8-10-18/h3-6,11,17H,7-10H2,1-2H3. The smallest absolute Gasteiger partial charge is 0.294 e. The van der Waals surface area contributed by atoms with Crippen LogP contribution in [0.1, 0.15) is 11.4 Å². The predicted molar refractivity (Wildman–Crippen MR) is 87.0 cm³/mol. The monoisotopic (exact) mass is 300 g/mol. The summed E-state index contributed by atoms with van der Waals surface area (Å²) in [4.78, 5) is 13.3. The van der Waals surface area contributed by atoms with Crippen LogP contribution in [-0.4, -0.2) is 35.7 Å². The van der Waals surface area contributed by atoms with Crippen molar-refractivity contribution >= 4 is 11.4 Å². The predicted octanol–water partition coefficient (Wildman–Crippen LogP) is 2.41. The Bertz CT molecular complexity index is 683. The highest BCUT2D eigenvalue weighted by Crippen LogP contribution is 2.31. The van der Waals surface area contributed by atoms with Gasteiger partial charge < -0.3 is 14.8 Å². The molecular weight excluding hydrogens is 280 g/mol. The van der Waals surface area contributed by atoms with Gasteiger partial charge in [0.1, 0.15) is 5.69 Å². The Morgan fingerprint density at radius 3 is 2.32 bits per heavy atom. The Hall–Kier alpha value is -2.34. The van der Waals surface area contributed by atoms with E-state index in [9.17, 15) is 10.1 Å². The number of hydrogen-bond acceptors (Lipinski definition) is 4. The average Bonchev–Trinajstić information content (AvgIpc) is 2.86. The van der Waals surface area contributed by atoms with Gasteiger partial charge in [-0.2, -0.15) is 0 Å². The molecule has 2 aromatic rings.